The van der Waals surface area contributed by atoms with Gasteiger partial charge in [-0.1, -0.05) is 0 Å². The van der Waals surface area contributed by atoms with Crippen molar-refractivity contribution in [3.05, 3.63) is 0 Å². The molecule has 0 aliphatic carbocycles. The largest absolute Gasteiger partial charge is 0.453 e. The monoisotopic (exact) mass is 326 g/mol. The summed E-state index contributed by atoms with van der Waals surface area (Å²) in [5, 5.41) is -5.16. The maximum atomic E-state index is 13.2. The molecule has 0 bridgehead atoms. The van der Waals surface area contributed by atoms with Gasteiger partial charge < -0.3 is 0 Å². The molecule has 0 N–H and O–H groups in total. The Morgan fingerprint density at radius 2 is 1.32 bits per heavy atom. The summed E-state index contributed by atoms with van der Waals surface area (Å²) in [6, 6.07) is -3.67. The third kappa shape index (κ3) is 2.05. The number of halogens is 10. The molecule has 1 rings (SSSR count). The van der Waals surface area contributed by atoms with Crippen LogP contribution in [-0.4, -0.2) is 35.3 Å². The Hall–Kier alpha value is -0.750. The topological polar surface area (TPSA) is 35.5 Å². The molecule has 0 saturated carbocycles. The van der Waals surface area contributed by atoms with E-state index < -0.39 is 35.3 Å². The zero-order chi connectivity index (χ0) is 15.5. The molecule has 112 valence electrons. The van der Waals surface area contributed by atoms with Crippen molar-refractivity contribution in [3.8, 4) is 0 Å². The first kappa shape index (κ1) is 16.3. The highest BCUT2D eigenvalue weighted by Crippen LogP contribution is 2.60. The minimum atomic E-state index is -6.60. The van der Waals surface area contributed by atoms with E-state index in [9.17, 15) is 44.3 Å². The fourth-order valence-electron chi connectivity index (χ4n) is 1.07. The first-order valence-electron chi connectivity index (χ1n) is 3.91. The van der Waals surface area contributed by atoms with Gasteiger partial charge >= 0.3 is 35.3 Å². The predicted octanol–water partition coefficient (Wildman–Crippen LogP) is 2.88. The molecule has 1 aliphatic rings. The highest BCUT2D eigenvalue weighted by Gasteiger charge is 2.88. The second-order valence-corrected chi connectivity index (χ2v) is 3.69. The minimum Gasteiger partial charge on any atom is -0.283 e. The smallest absolute Gasteiger partial charge is 0.283 e. The summed E-state index contributed by atoms with van der Waals surface area (Å²) in [6.45, 7) is 0. The third-order valence-electron chi connectivity index (χ3n) is 1.93. The second kappa shape index (κ2) is 3.88. The lowest BCUT2D eigenvalue weighted by atomic mass is 10.2. The Bertz CT molecular complexity index is 388. The molecular formula is C6ClF9O3. The molecule has 1 aliphatic heterocycles. The molecule has 0 spiro atoms. The van der Waals surface area contributed by atoms with Crippen LogP contribution in [0.4, 0.5) is 39.5 Å². The van der Waals surface area contributed by atoms with Crippen molar-refractivity contribution in [3.63, 3.8) is 0 Å². The van der Waals surface area contributed by atoms with Gasteiger partial charge in [-0.2, -0.15) is 39.5 Å². The third-order valence-corrected chi connectivity index (χ3v) is 2.25. The first-order valence-corrected chi connectivity index (χ1v) is 4.29. The highest BCUT2D eigenvalue weighted by molar-refractivity contribution is 6.24. The minimum absolute atomic E-state index is 2.57. The van der Waals surface area contributed by atoms with Crippen molar-refractivity contribution >= 4 is 17.6 Å². The molecule has 2 unspecified atom stereocenters. The second-order valence-electron chi connectivity index (χ2n) is 3.20. The van der Waals surface area contributed by atoms with Gasteiger partial charge in [-0.3, -0.25) is 14.3 Å². The fraction of sp³-hybridized carbons (Fsp3) is 0.833. The number of hydrogen-bond acceptors (Lipinski definition) is 3. The average Bonchev–Trinajstić information content (AvgIpc) is 2.34. The van der Waals surface area contributed by atoms with Crippen LogP contribution in [0.3, 0.4) is 0 Å². The maximum Gasteiger partial charge on any atom is 0.453 e. The van der Waals surface area contributed by atoms with Gasteiger partial charge in [-0.25, -0.2) is 0 Å². The SMILES string of the molecule is O=C(F)C1(F)OC(C(F)(F)F)(C(F)(F)F)OC1(F)Cl. The van der Waals surface area contributed by atoms with Gasteiger partial charge in [0.05, 0.1) is 0 Å². The quantitative estimate of drug-likeness (QED) is 0.422. The van der Waals surface area contributed by atoms with E-state index in [0.29, 0.717) is 0 Å². The molecule has 1 saturated heterocycles. The number of alkyl halides is 9. The molecule has 0 radical (unpaired) electrons. The van der Waals surface area contributed by atoms with Crippen molar-refractivity contribution < 1.29 is 53.8 Å². The van der Waals surface area contributed by atoms with Crippen molar-refractivity contribution in [2.45, 2.75) is 29.3 Å². The lowest BCUT2D eigenvalue weighted by Gasteiger charge is -2.30. The number of carbonyl (C=O) groups is 1. The summed E-state index contributed by atoms with van der Waals surface area (Å²) < 4.78 is 117. The van der Waals surface area contributed by atoms with Gasteiger partial charge in [0.25, 0.3) is 0 Å². The summed E-state index contributed by atoms with van der Waals surface area (Å²) in [5.74, 6) is -11.4. The summed E-state index contributed by atoms with van der Waals surface area (Å²) >= 11 is 4.22. The van der Waals surface area contributed by atoms with E-state index in [0.717, 1.165) is 0 Å². The highest BCUT2D eigenvalue weighted by atomic mass is 35.5. The van der Waals surface area contributed by atoms with Crippen LogP contribution >= 0.6 is 11.6 Å². The Kier molecular flexibility index (Phi) is 3.33. The molecule has 0 amide bonds. The molecule has 13 heteroatoms. The maximum absolute atomic E-state index is 13.2. The zero-order valence-corrected chi connectivity index (χ0v) is 8.76. The average molecular weight is 326 g/mol. The van der Waals surface area contributed by atoms with Gasteiger partial charge in [-0.05, 0) is 11.6 Å². The van der Waals surface area contributed by atoms with Crippen LogP contribution in [0, 0.1) is 0 Å². The van der Waals surface area contributed by atoms with Crippen LogP contribution in [0.5, 0.6) is 0 Å². The van der Waals surface area contributed by atoms with E-state index in [1.165, 1.54) is 0 Å². The van der Waals surface area contributed by atoms with Crippen LogP contribution in [0.2, 0.25) is 0 Å². The molecule has 0 aromatic heterocycles. The summed E-state index contributed by atoms with van der Waals surface area (Å²) in [4.78, 5) is 10.0. The zero-order valence-electron chi connectivity index (χ0n) is 8.00. The molecule has 0 aromatic carbocycles. The van der Waals surface area contributed by atoms with Gasteiger partial charge in [0.1, 0.15) is 0 Å². The molecule has 1 heterocycles. The first-order chi connectivity index (χ1) is 8.11. The van der Waals surface area contributed by atoms with Crippen LogP contribution in [0.15, 0.2) is 0 Å². The van der Waals surface area contributed by atoms with E-state index >= 15 is 0 Å². The van der Waals surface area contributed by atoms with Crippen molar-refractivity contribution in [1.82, 2.24) is 0 Å². The van der Waals surface area contributed by atoms with Crippen LogP contribution < -0.4 is 0 Å². The van der Waals surface area contributed by atoms with E-state index in [1.807, 2.05) is 0 Å². The standard InChI is InChI=1S/C6ClF9O3/c7-4(10)2(9,1(8)17)18-3(19-4,5(11,12)13)6(14,15)16. The number of ether oxygens (including phenoxy) is 2. The van der Waals surface area contributed by atoms with Crippen LogP contribution in [0.25, 0.3) is 0 Å². The predicted molar refractivity (Wildman–Crippen MR) is 36.7 cm³/mol. The fourth-order valence-corrected chi connectivity index (χ4v) is 1.29. The van der Waals surface area contributed by atoms with Gasteiger partial charge in [-0.15, -0.1) is 0 Å². The van der Waals surface area contributed by atoms with Crippen molar-refractivity contribution in [1.29, 1.82) is 0 Å². The van der Waals surface area contributed by atoms with Crippen LogP contribution in [0.1, 0.15) is 0 Å². The van der Waals surface area contributed by atoms with E-state index in [2.05, 4.69) is 21.1 Å². The molecule has 1 fully saturated rings. The summed E-state index contributed by atoms with van der Waals surface area (Å²) in [5.41, 5.74) is 0. The van der Waals surface area contributed by atoms with E-state index in [1.54, 1.807) is 0 Å². The molecule has 0 aromatic rings. The normalized spacial score (nSPS) is 35.5. The van der Waals surface area contributed by atoms with E-state index in [-0.39, 0.29) is 0 Å². The molecule has 3 nitrogen and oxygen atoms in total. The molecule has 2 atom stereocenters. The lowest BCUT2D eigenvalue weighted by molar-refractivity contribution is -0.455. The number of carbonyl (C=O) groups excluding carboxylic acids is 1. The summed E-state index contributed by atoms with van der Waals surface area (Å²) in [6.07, 6.45) is -13.2. The number of hydrogen-bond donors (Lipinski definition) is 0. The Morgan fingerprint density at radius 3 is 1.47 bits per heavy atom. The number of rotatable bonds is 1. The Labute approximate surface area is 102 Å². The van der Waals surface area contributed by atoms with Crippen LogP contribution in [-0.2, 0) is 14.3 Å². The van der Waals surface area contributed by atoms with Crippen molar-refractivity contribution in [2.75, 3.05) is 0 Å². The lowest BCUT2D eigenvalue weighted by Crippen LogP contribution is -2.59. The van der Waals surface area contributed by atoms with E-state index in [4.69, 9.17) is 0 Å². The van der Waals surface area contributed by atoms with Crippen molar-refractivity contribution in [2.24, 2.45) is 0 Å². The van der Waals surface area contributed by atoms with Gasteiger partial charge in [0.2, 0.25) is 0 Å². The van der Waals surface area contributed by atoms with Gasteiger partial charge in [0.15, 0.2) is 0 Å². The molecular weight excluding hydrogens is 326 g/mol. The summed E-state index contributed by atoms with van der Waals surface area (Å²) in [7, 11) is 0. The Balaban J connectivity index is 3.48. The molecule has 19 heavy (non-hydrogen) atoms. The van der Waals surface area contributed by atoms with Gasteiger partial charge in [0, 0.05) is 0 Å². The Morgan fingerprint density at radius 1 is 0.947 bits per heavy atom.